The van der Waals surface area contributed by atoms with Crippen molar-refractivity contribution in [1.82, 2.24) is 19.0 Å². The minimum absolute atomic E-state index is 0.104. The van der Waals surface area contributed by atoms with Gasteiger partial charge in [0.15, 0.2) is 0 Å². The lowest BCUT2D eigenvalue weighted by molar-refractivity contribution is 0.151. The Hall–Kier alpha value is -0.960. The van der Waals surface area contributed by atoms with Crippen LogP contribution in [0.2, 0.25) is 0 Å². The Morgan fingerprint density at radius 2 is 1.90 bits per heavy atom. The first-order valence-electron chi connectivity index (χ1n) is 7.25. The maximum absolute atomic E-state index is 12.7. The molecule has 0 aliphatic carbocycles. The molecule has 2 heterocycles. The van der Waals surface area contributed by atoms with Crippen LogP contribution in [0.4, 0.5) is 0 Å². The van der Waals surface area contributed by atoms with Gasteiger partial charge in [-0.3, -0.25) is 9.58 Å². The van der Waals surface area contributed by atoms with Crippen LogP contribution in [-0.4, -0.2) is 71.8 Å². The Labute approximate surface area is 126 Å². The molecule has 0 amide bonds. The van der Waals surface area contributed by atoms with Crippen LogP contribution in [0.25, 0.3) is 0 Å². The number of nitrogens with zero attached hydrogens (tertiary/aromatic N) is 4. The van der Waals surface area contributed by atoms with Gasteiger partial charge in [-0.1, -0.05) is 0 Å². The van der Waals surface area contributed by atoms with Gasteiger partial charge in [-0.25, -0.2) is 8.42 Å². The van der Waals surface area contributed by atoms with E-state index in [9.17, 15) is 8.42 Å². The number of β-amino-alcohol motifs (C(OH)–C–C–N with tert-alkyl or cyclic N) is 1. The molecule has 2 rings (SSSR count). The molecule has 8 heteroatoms. The fourth-order valence-electron chi connectivity index (χ4n) is 2.46. The van der Waals surface area contributed by atoms with Crippen LogP contribution in [0, 0.1) is 6.92 Å². The molecule has 1 aromatic rings. The average Bonchev–Trinajstić information content (AvgIpc) is 2.83. The Balaban J connectivity index is 2.16. The highest BCUT2D eigenvalue weighted by atomic mass is 32.2. The van der Waals surface area contributed by atoms with Gasteiger partial charge in [0.2, 0.25) is 10.0 Å². The minimum Gasteiger partial charge on any atom is -0.395 e. The number of aliphatic hydroxyl groups excluding tert-OH is 1. The first-order chi connectivity index (χ1) is 9.86. The second-order valence-corrected chi connectivity index (χ2v) is 7.53. The molecular weight excluding hydrogens is 292 g/mol. The molecule has 1 aliphatic rings. The summed E-state index contributed by atoms with van der Waals surface area (Å²) in [6.07, 6.45) is 1.62. The third kappa shape index (κ3) is 3.45. The molecule has 0 bridgehead atoms. The molecule has 0 aromatic carbocycles. The van der Waals surface area contributed by atoms with Crippen molar-refractivity contribution in [3.63, 3.8) is 0 Å². The van der Waals surface area contributed by atoms with E-state index >= 15 is 0 Å². The molecule has 120 valence electrons. The molecule has 21 heavy (non-hydrogen) atoms. The summed E-state index contributed by atoms with van der Waals surface area (Å²) in [5.74, 6) is 0. The van der Waals surface area contributed by atoms with Crippen LogP contribution in [0.15, 0.2) is 11.1 Å². The fourth-order valence-corrected chi connectivity index (χ4v) is 4.03. The lowest BCUT2D eigenvalue weighted by atomic mass is 10.4. The monoisotopic (exact) mass is 316 g/mol. The van der Waals surface area contributed by atoms with Crippen LogP contribution in [0.1, 0.15) is 25.6 Å². The molecule has 0 spiro atoms. The van der Waals surface area contributed by atoms with Gasteiger partial charge in [0.25, 0.3) is 0 Å². The summed E-state index contributed by atoms with van der Waals surface area (Å²) in [5, 5.41) is 13.2. The van der Waals surface area contributed by atoms with Crippen LogP contribution >= 0.6 is 0 Å². The number of aryl methyl sites for hydroxylation is 1. The van der Waals surface area contributed by atoms with E-state index in [1.807, 2.05) is 13.8 Å². The number of sulfonamides is 1. The Bertz CT molecular complexity index is 574. The van der Waals surface area contributed by atoms with Gasteiger partial charge in [-0.05, 0) is 20.8 Å². The van der Waals surface area contributed by atoms with Crippen molar-refractivity contribution in [3.8, 4) is 0 Å². The van der Waals surface area contributed by atoms with Gasteiger partial charge in [0, 0.05) is 45.0 Å². The Kier molecular flexibility index (Phi) is 5.03. The van der Waals surface area contributed by atoms with E-state index in [0.717, 1.165) is 0 Å². The van der Waals surface area contributed by atoms with Gasteiger partial charge in [0.05, 0.1) is 12.3 Å². The third-order valence-electron chi connectivity index (χ3n) is 3.77. The molecule has 1 N–H and O–H groups in total. The summed E-state index contributed by atoms with van der Waals surface area (Å²) in [4.78, 5) is 2.36. The number of rotatable bonds is 5. The number of hydrogen-bond donors (Lipinski definition) is 1. The number of piperazine rings is 1. The number of aromatic nitrogens is 2. The molecule has 0 saturated carbocycles. The second-order valence-electron chi connectivity index (χ2n) is 5.62. The summed E-state index contributed by atoms with van der Waals surface area (Å²) in [7, 11) is -3.48. The van der Waals surface area contributed by atoms with E-state index in [2.05, 4.69) is 10.00 Å². The summed E-state index contributed by atoms with van der Waals surface area (Å²) in [6.45, 7) is 8.57. The summed E-state index contributed by atoms with van der Waals surface area (Å²) in [6, 6.07) is 0.133. The third-order valence-corrected chi connectivity index (χ3v) is 5.77. The zero-order chi connectivity index (χ0) is 15.6. The Morgan fingerprint density at radius 1 is 1.29 bits per heavy atom. The summed E-state index contributed by atoms with van der Waals surface area (Å²) < 4.78 is 28.6. The first-order valence-corrected chi connectivity index (χ1v) is 8.69. The van der Waals surface area contributed by atoms with E-state index < -0.39 is 10.0 Å². The minimum atomic E-state index is -3.48. The smallest absolute Gasteiger partial charge is 0.246 e. The van der Waals surface area contributed by atoms with Crippen molar-refractivity contribution in [2.45, 2.75) is 31.7 Å². The maximum Gasteiger partial charge on any atom is 0.246 e. The van der Waals surface area contributed by atoms with E-state index in [1.165, 1.54) is 4.31 Å². The molecular formula is C13H24N4O3S. The quantitative estimate of drug-likeness (QED) is 0.832. The van der Waals surface area contributed by atoms with Crippen molar-refractivity contribution in [2.24, 2.45) is 0 Å². The van der Waals surface area contributed by atoms with Gasteiger partial charge in [0.1, 0.15) is 4.90 Å². The van der Waals surface area contributed by atoms with Gasteiger partial charge in [-0.15, -0.1) is 0 Å². The molecule has 0 radical (unpaired) electrons. The van der Waals surface area contributed by atoms with Crippen LogP contribution in [0.5, 0.6) is 0 Å². The molecule has 1 aromatic heterocycles. The van der Waals surface area contributed by atoms with Crippen LogP contribution in [0.3, 0.4) is 0 Å². The largest absolute Gasteiger partial charge is 0.395 e. The van der Waals surface area contributed by atoms with Gasteiger partial charge >= 0.3 is 0 Å². The summed E-state index contributed by atoms with van der Waals surface area (Å²) >= 11 is 0. The molecule has 1 fully saturated rings. The van der Waals surface area contributed by atoms with Crippen molar-refractivity contribution < 1.29 is 13.5 Å². The highest BCUT2D eigenvalue weighted by molar-refractivity contribution is 7.89. The highest BCUT2D eigenvalue weighted by Gasteiger charge is 2.31. The maximum atomic E-state index is 12.7. The van der Waals surface area contributed by atoms with E-state index in [-0.39, 0.29) is 12.6 Å². The van der Waals surface area contributed by atoms with Gasteiger partial charge in [-0.2, -0.15) is 9.40 Å². The van der Waals surface area contributed by atoms with Crippen molar-refractivity contribution in [3.05, 3.63) is 11.9 Å². The van der Waals surface area contributed by atoms with Crippen LogP contribution in [-0.2, 0) is 10.0 Å². The normalized spacial score (nSPS) is 18.5. The predicted molar refractivity (Wildman–Crippen MR) is 79.6 cm³/mol. The number of hydrogen-bond acceptors (Lipinski definition) is 5. The molecule has 1 aliphatic heterocycles. The van der Waals surface area contributed by atoms with Gasteiger partial charge < -0.3 is 5.11 Å². The van der Waals surface area contributed by atoms with E-state index in [0.29, 0.717) is 43.3 Å². The first kappa shape index (κ1) is 16.4. The zero-order valence-corrected chi connectivity index (χ0v) is 13.7. The topological polar surface area (TPSA) is 78.7 Å². The van der Waals surface area contributed by atoms with E-state index in [1.54, 1.807) is 17.8 Å². The molecule has 0 unspecified atom stereocenters. The predicted octanol–water partition coefficient (Wildman–Crippen LogP) is 0.0710. The van der Waals surface area contributed by atoms with E-state index in [4.69, 9.17) is 5.11 Å². The highest BCUT2D eigenvalue weighted by Crippen LogP contribution is 2.21. The van der Waals surface area contributed by atoms with Crippen molar-refractivity contribution in [2.75, 3.05) is 39.3 Å². The van der Waals surface area contributed by atoms with Crippen molar-refractivity contribution in [1.29, 1.82) is 0 Å². The zero-order valence-electron chi connectivity index (χ0n) is 12.9. The van der Waals surface area contributed by atoms with Crippen LogP contribution < -0.4 is 0 Å². The SMILES string of the molecule is Cc1nn(C(C)C)cc1S(=O)(=O)N1CCN(CCO)CC1. The Morgan fingerprint density at radius 3 is 2.38 bits per heavy atom. The second kappa shape index (κ2) is 6.43. The average molecular weight is 316 g/mol. The standard InChI is InChI=1S/C13H24N4O3S/c1-11(2)17-10-13(12(3)14-17)21(19,20)16-6-4-15(5-7-16)8-9-18/h10-11,18H,4-9H2,1-3H3. The number of aliphatic hydroxyl groups is 1. The lowest BCUT2D eigenvalue weighted by Gasteiger charge is -2.33. The lowest BCUT2D eigenvalue weighted by Crippen LogP contribution is -2.49. The molecule has 0 atom stereocenters. The van der Waals surface area contributed by atoms with Crippen molar-refractivity contribution >= 4 is 10.0 Å². The molecule has 1 saturated heterocycles. The molecule has 7 nitrogen and oxygen atoms in total. The summed E-state index contributed by atoms with van der Waals surface area (Å²) in [5.41, 5.74) is 0.543. The fraction of sp³-hybridized carbons (Fsp3) is 0.769.